The maximum Gasteiger partial charge on any atom is 0.223 e. The van der Waals surface area contributed by atoms with Gasteiger partial charge in [0.15, 0.2) is 0 Å². The molecule has 2 atom stereocenters. The molecule has 4 heteroatoms. The van der Waals surface area contributed by atoms with Crippen LogP contribution in [0.5, 0.6) is 0 Å². The number of amides is 1. The first kappa shape index (κ1) is 11.8. The molecule has 15 heavy (non-hydrogen) atoms. The molecule has 0 aromatic carbocycles. The lowest BCUT2D eigenvalue weighted by Gasteiger charge is -2.16. The van der Waals surface area contributed by atoms with Crippen LogP contribution in [-0.2, 0) is 4.79 Å². The summed E-state index contributed by atoms with van der Waals surface area (Å²) in [5, 5.41) is 6.54. The molecule has 1 rings (SSSR count). The second kappa shape index (κ2) is 4.47. The second-order valence-electron chi connectivity index (χ2n) is 3.95. The molecule has 1 aromatic rings. The molecule has 1 heterocycles. The van der Waals surface area contributed by atoms with Crippen LogP contribution in [0.2, 0.25) is 0 Å². The number of aryl methyl sites for hydroxylation is 1. The fraction of sp³-hybridized carbons (Fsp3) is 0.636. The average Bonchev–Trinajstić information content (AvgIpc) is 2.56. The Kier molecular flexibility index (Phi) is 3.50. The van der Waals surface area contributed by atoms with Gasteiger partial charge in [0.1, 0.15) is 5.76 Å². The third-order valence-electron chi connectivity index (χ3n) is 3.02. The van der Waals surface area contributed by atoms with Crippen molar-refractivity contribution >= 4 is 5.91 Å². The standard InChI is InChI=1S/C11H18N2O2/c1-6(7(2)11(14)12-5)10-8(3)9(4)13-15-10/h6-7H,1-5H3,(H,12,14). The Labute approximate surface area is 90.0 Å². The lowest BCUT2D eigenvalue weighted by atomic mass is 9.90. The van der Waals surface area contributed by atoms with Gasteiger partial charge in [-0.25, -0.2) is 0 Å². The molecule has 0 saturated carbocycles. The molecule has 4 nitrogen and oxygen atoms in total. The maximum absolute atomic E-state index is 11.5. The zero-order chi connectivity index (χ0) is 11.6. The van der Waals surface area contributed by atoms with E-state index in [1.807, 2.05) is 27.7 Å². The Morgan fingerprint density at radius 1 is 1.40 bits per heavy atom. The van der Waals surface area contributed by atoms with Crippen molar-refractivity contribution in [3.05, 3.63) is 17.0 Å². The summed E-state index contributed by atoms with van der Waals surface area (Å²) >= 11 is 0. The van der Waals surface area contributed by atoms with Crippen molar-refractivity contribution in [2.24, 2.45) is 5.92 Å². The fourth-order valence-corrected chi connectivity index (χ4v) is 1.54. The van der Waals surface area contributed by atoms with Gasteiger partial charge in [0.2, 0.25) is 5.91 Å². The van der Waals surface area contributed by atoms with Crippen LogP contribution in [0.15, 0.2) is 4.52 Å². The second-order valence-corrected chi connectivity index (χ2v) is 3.95. The predicted octanol–water partition coefficient (Wildman–Crippen LogP) is 1.78. The molecule has 2 unspecified atom stereocenters. The topological polar surface area (TPSA) is 55.1 Å². The highest BCUT2D eigenvalue weighted by Gasteiger charge is 2.25. The number of nitrogens with one attached hydrogen (secondary N) is 1. The van der Waals surface area contributed by atoms with Crippen molar-refractivity contribution < 1.29 is 9.32 Å². The summed E-state index contributed by atoms with van der Waals surface area (Å²) in [5.74, 6) is 0.770. The molecule has 0 aliphatic heterocycles. The van der Waals surface area contributed by atoms with Gasteiger partial charge >= 0.3 is 0 Å². The number of carbonyl (C=O) groups is 1. The van der Waals surface area contributed by atoms with Crippen LogP contribution in [0.3, 0.4) is 0 Å². The van der Waals surface area contributed by atoms with E-state index in [0.29, 0.717) is 0 Å². The van der Waals surface area contributed by atoms with E-state index in [1.54, 1.807) is 7.05 Å². The number of hydrogen-bond donors (Lipinski definition) is 1. The largest absolute Gasteiger partial charge is 0.361 e. The van der Waals surface area contributed by atoms with Crippen LogP contribution in [0.4, 0.5) is 0 Å². The minimum absolute atomic E-state index is 0.0240. The van der Waals surface area contributed by atoms with E-state index in [4.69, 9.17) is 4.52 Å². The molecule has 1 N–H and O–H groups in total. The van der Waals surface area contributed by atoms with Crippen molar-refractivity contribution in [3.63, 3.8) is 0 Å². The van der Waals surface area contributed by atoms with Gasteiger partial charge in [-0.05, 0) is 13.8 Å². The van der Waals surface area contributed by atoms with Crippen molar-refractivity contribution in [3.8, 4) is 0 Å². The van der Waals surface area contributed by atoms with Gasteiger partial charge in [-0.2, -0.15) is 0 Å². The molecule has 84 valence electrons. The lowest BCUT2D eigenvalue weighted by molar-refractivity contribution is -0.124. The summed E-state index contributed by atoms with van der Waals surface area (Å²) in [6, 6.07) is 0. The van der Waals surface area contributed by atoms with E-state index >= 15 is 0 Å². The number of carbonyl (C=O) groups excluding carboxylic acids is 1. The van der Waals surface area contributed by atoms with Gasteiger partial charge < -0.3 is 9.84 Å². The van der Waals surface area contributed by atoms with Crippen LogP contribution in [0, 0.1) is 19.8 Å². The molecule has 0 bridgehead atoms. The fourth-order valence-electron chi connectivity index (χ4n) is 1.54. The highest BCUT2D eigenvalue weighted by Crippen LogP contribution is 2.28. The predicted molar refractivity (Wildman–Crippen MR) is 57.6 cm³/mol. The van der Waals surface area contributed by atoms with Crippen LogP contribution < -0.4 is 5.32 Å². The summed E-state index contributed by atoms with van der Waals surface area (Å²) in [6.45, 7) is 7.74. The van der Waals surface area contributed by atoms with Gasteiger partial charge in [-0.15, -0.1) is 0 Å². The Morgan fingerprint density at radius 3 is 2.40 bits per heavy atom. The van der Waals surface area contributed by atoms with Gasteiger partial charge in [0, 0.05) is 24.4 Å². The number of nitrogens with zero attached hydrogens (tertiary/aromatic N) is 1. The van der Waals surface area contributed by atoms with Gasteiger partial charge in [0.25, 0.3) is 0 Å². The Hall–Kier alpha value is -1.32. The van der Waals surface area contributed by atoms with Crippen molar-refractivity contribution in [1.82, 2.24) is 10.5 Å². The molecule has 0 fully saturated rings. The molecular weight excluding hydrogens is 192 g/mol. The SMILES string of the molecule is CNC(=O)C(C)C(C)c1onc(C)c1C. The molecule has 0 aliphatic rings. The van der Waals surface area contributed by atoms with Crippen molar-refractivity contribution in [2.45, 2.75) is 33.6 Å². The summed E-state index contributed by atoms with van der Waals surface area (Å²) in [4.78, 5) is 11.5. The van der Waals surface area contributed by atoms with Crippen molar-refractivity contribution in [2.75, 3.05) is 7.05 Å². The van der Waals surface area contributed by atoms with Crippen LogP contribution >= 0.6 is 0 Å². The number of hydrogen-bond acceptors (Lipinski definition) is 3. The smallest absolute Gasteiger partial charge is 0.223 e. The van der Waals surface area contributed by atoms with Crippen LogP contribution in [-0.4, -0.2) is 18.1 Å². The molecule has 1 amide bonds. The zero-order valence-electron chi connectivity index (χ0n) is 9.92. The van der Waals surface area contributed by atoms with E-state index in [-0.39, 0.29) is 17.7 Å². The Bertz CT molecular complexity index is 357. The van der Waals surface area contributed by atoms with E-state index in [1.165, 1.54) is 0 Å². The molecule has 0 spiro atoms. The molecular formula is C11H18N2O2. The van der Waals surface area contributed by atoms with E-state index in [2.05, 4.69) is 10.5 Å². The quantitative estimate of drug-likeness (QED) is 0.827. The molecule has 0 radical (unpaired) electrons. The Balaban J connectivity index is 2.89. The summed E-state index contributed by atoms with van der Waals surface area (Å²) in [7, 11) is 1.64. The van der Waals surface area contributed by atoms with E-state index < -0.39 is 0 Å². The molecule has 1 aromatic heterocycles. The third-order valence-corrected chi connectivity index (χ3v) is 3.02. The number of aromatic nitrogens is 1. The first-order valence-electron chi connectivity index (χ1n) is 5.13. The van der Waals surface area contributed by atoms with Gasteiger partial charge in [-0.1, -0.05) is 19.0 Å². The summed E-state index contributed by atoms with van der Waals surface area (Å²) < 4.78 is 5.24. The minimum atomic E-state index is -0.110. The first-order valence-corrected chi connectivity index (χ1v) is 5.13. The normalized spacial score (nSPS) is 14.7. The van der Waals surface area contributed by atoms with Crippen LogP contribution in [0.1, 0.15) is 36.8 Å². The van der Waals surface area contributed by atoms with E-state index in [0.717, 1.165) is 17.0 Å². The van der Waals surface area contributed by atoms with Gasteiger partial charge in [-0.3, -0.25) is 4.79 Å². The molecule has 0 aliphatic carbocycles. The number of rotatable bonds is 3. The highest BCUT2D eigenvalue weighted by atomic mass is 16.5. The minimum Gasteiger partial charge on any atom is -0.361 e. The average molecular weight is 210 g/mol. The molecule has 0 saturated heterocycles. The monoisotopic (exact) mass is 210 g/mol. The van der Waals surface area contributed by atoms with E-state index in [9.17, 15) is 4.79 Å². The maximum atomic E-state index is 11.5. The van der Waals surface area contributed by atoms with Crippen LogP contribution in [0.25, 0.3) is 0 Å². The Morgan fingerprint density at radius 2 is 2.00 bits per heavy atom. The summed E-state index contributed by atoms with van der Waals surface area (Å²) in [6.07, 6.45) is 0. The third kappa shape index (κ3) is 2.19. The van der Waals surface area contributed by atoms with Gasteiger partial charge in [0.05, 0.1) is 5.69 Å². The first-order chi connectivity index (χ1) is 6.99. The zero-order valence-corrected chi connectivity index (χ0v) is 9.92. The van der Waals surface area contributed by atoms with Crippen molar-refractivity contribution in [1.29, 1.82) is 0 Å². The highest BCUT2D eigenvalue weighted by molar-refractivity contribution is 5.78. The summed E-state index contributed by atoms with van der Waals surface area (Å²) in [5.41, 5.74) is 1.93. The lowest BCUT2D eigenvalue weighted by Crippen LogP contribution is -2.28.